The van der Waals surface area contributed by atoms with E-state index in [2.05, 4.69) is 4.98 Å². The van der Waals surface area contributed by atoms with Crippen LogP contribution in [0.4, 0.5) is 0 Å². The van der Waals surface area contributed by atoms with Gasteiger partial charge >= 0.3 is 0 Å². The molecule has 1 aromatic heterocycles. The third kappa shape index (κ3) is 2.45. The van der Waals surface area contributed by atoms with Crippen molar-refractivity contribution in [3.63, 3.8) is 0 Å². The van der Waals surface area contributed by atoms with Crippen molar-refractivity contribution < 1.29 is 4.92 Å². The quantitative estimate of drug-likeness (QED) is 0.484. The third-order valence-electron chi connectivity index (χ3n) is 2.18. The topological polar surface area (TPSA) is 73.1 Å². The van der Waals surface area contributed by atoms with Crippen LogP contribution in [0.3, 0.4) is 0 Å². The van der Waals surface area contributed by atoms with Crippen LogP contribution < -0.4 is 5.56 Å². The van der Waals surface area contributed by atoms with Gasteiger partial charge in [-0.3, -0.25) is 14.9 Å². The Kier molecular flexibility index (Phi) is 3.39. The van der Waals surface area contributed by atoms with Gasteiger partial charge in [0.05, 0.1) is 10.1 Å². The molecule has 0 aliphatic heterocycles. The molecular formula is C10H8N2O3S2. The molecule has 0 saturated carbocycles. The fraction of sp³-hybridized carbons (Fsp3) is 0.200. The van der Waals surface area contributed by atoms with E-state index in [-0.39, 0.29) is 12.1 Å². The summed E-state index contributed by atoms with van der Waals surface area (Å²) in [5, 5.41) is 11.0. The smallest absolute Gasteiger partial charge is 0.267 e. The molecule has 0 aliphatic rings. The molecule has 2 aromatic rings. The predicted octanol–water partition coefficient (Wildman–Crippen LogP) is 2.16. The maximum absolute atomic E-state index is 11.7. The molecule has 1 aromatic carbocycles. The van der Waals surface area contributed by atoms with Gasteiger partial charge in [0.25, 0.3) is 5.56 Å². The number of nitro groups is 1. The zero-order chi connectivity index (χ0) is 12.4. The number of rotatable bonds is 3. The Hall–Kier alpha value is -1.47. The zero-order valence-electron chi connectivity index (χ0n) is 8.87. The number of hydrogen-bond acceptors (Lipinski definition) is 6. The van der Waals surface area contributed by atoms with E-state index in [4.69, 9.17) is 0 Å². The number of nitrogens with zero attached hydrogens (tertiary/aromatic N) is 2. The first kappa shape index (κ1) is 12.0. The van der Waals surface area contributed by atoms with Crippen molar-refractivity contribution in [1.82, 2.24) is 4.98 Å². The Morgan fingerprint density at radius 1 is 1.53 bits per heavy atom. The number of benzene rings is 1. The highest BCUT2D eigenvalue weighted by Crippen LogP contribution is 2.26. The molecule has 0 N–H and O–H groups in total. The molecule has 0 spiro atoms. The molecule has 0 amide bonds. The first-order chi connectivity index (χ1) is 8.11. The standard InChI is InChI=1S/C10H8N2O3S2/c1-16-10-11-9(13)7-4-2-3-6(5-12(14)15)8(7)17-10/h2-4H,5H2,1H3. The molecule has 0 unspecified atom stereocenters. The van der Waals surface area contributed by atoms with Crippen LogP contribution >= 0.6 is 23.1 Å². The Morgan fingerprint density at radius 2 is 2.29 bits per heavy atom. The van der Waals surface area contributed by atoms with E-state index in [9.17, 15) is 14.9 Å². The molecule has 0 fully saturated rings. The summed E-state index contributed by atoms with van der Waals surface area (Å²) in [6.07, 6.45) is 1.82. The van der Waals surface area contributed by atoms with Crippen LogP contribution in [0.25, 0.3) is 10.1 Å². The van der Waals surface area contributed by atoms with Gasteiger partial charge in [-0.1, -0.05) is 23.9 Å². The lowest BCUT2D eigenvalue weighted by Gasteiger charge is -2.02. The lowest BCUT2D eigenvalue weighted by atomic mass is 10.2. The Labute approximate surface area is 105 Å². The monoisotopic (exact) mass is 268 g/mol. The van der Waals surface area contributed by atoms with Crippen molar-refractivity contribution in [3.8, 4) is 0 Å². The lowest BCUT2D eigenvalue weighted by Crippen LogP contribution is -2.07. The van der Waals surface area contributed by atoms with Crippen molar-refractivity contribution in [3.05, 3.63) is 44.2 Å². The highest BCUT2D eigenvalue weighted by molar-refractivity contribution is 8.00. The zero-order valence-corrected chi connectivity index (χ0v) is 10.5. The largest absolute Gasteiger partial charge is 0.280 e. The van der Waals surface area contributed by atoms with Crippen LogP contribution in [-0.4, -0.2) is 16.2 Å². The molecule has 7 heteroatoms. The SMILES string of the molecule is CSc1nc(=O)c2cccc(C[N+](=O)[O-])c2s1. The van der Waals surface area contributed by atoms with E-state index >= 15 is 0 Å². The third-order valence-corrected chi connectivity index (χ3v) is 4.33. The molecular weight excluding hydrogens is 260 g/mol. The molecule has 17 heavy (non-hydrogen) atoms. The Morgan fingerprint density at radius 3 is 2.94 bits per heavy atom. The molecule has 0 aliphatic carbocycles. The van der Waals surface area contributed by atoms with E-state index in [0.29, 0.717) is 20.0 Å². The molecule has 0 atom stereocenters. The average molecular weight is 268 g/mol. The Balaban J connectivity index is 2.73. The van der Waals surface area contributed by atoms with Gasteiger partial charge in [0.1, 0.15) is 0 Å². The fourth-order valence-electron chi connectivity index (χ4n) is 1.48. The van der Waals surface area contributed by atoms with Crippen LogP contribution in [0.15, 0.2) is 27.3 Å². The highest BCUT2D eigenvalue weighted by atomic mass is 32.2. The van der Waals surface area contributed by atoms with E-state index < -0.39 is 4.92 Å². The van der Waals surface area contributed by atoms with Crippen LogP contribution in [0, 0.1) is 10.1 Å². The minimum absolute atomic E-state index is 0.273. The minimum Gasteiger partial charge on any atom is -0.267 e. The van der Waals surface area contributed by atoms with E-state index in [1.807, 2.05) is 6.26 Å². The van der Waals surface area contributed by atoms with Crippen molar-refractivity contribution in [2.75, 3.05) is 6.26 Å². The van der Waals surface area contributed by atoms with E-state index in [1.165, 1.54) is 23.1 Å². The van der Waals surface area contributed by atoms with Crippen LogP contribution in [0.2, 0.25) is 0 Å². The van der Waals surface area contributed by atoms with Crippen molar-refractivity contribution in [1.29, 1.82) is 0 Å². The summed E-state index contributed by atoms with van der Waals surface area (Å²) in [5.41, 5.74) is 0.237. The summed E-state index contributed by atoms with van der Waals surface area (Å²) in [7, 11) is 0. The summed E-state index contributed by atoms with van der Waals surface area (Å²) in [6.45, 7) is -0.273. The number of aromatic nitrogens is 1. The molecule has 0 bridgehead atoms. The van der Waals surface area contributed by atoms with Gasteiger partial charge in [-0.05, 0) is 12.3 Å². The molecule has 2 rings (SSSR count). The van der Waals surface area contributed by atoms with Gasteiger partial charge < -0.3 is 0 Å². The van der Waals surface area contributed by atoms with Gasteiger partial charge in [0.15, 0.2) is 4.34 Å². The summed E-state index contributed by atoms with van der Waals surface area (Å²) in [6, 6.07) is 4.97. The first-order valence-corrected chi connectivity index (χ1v) is 6.74. The maximum Gasteiger partial charge on any atom is 0.280 e. The molecule has 0 saturated heterocycles. The fourth-order valence-corrected chi connectivity index (χ4v) is 3.07. The second kappa shape index (κ2) is 4.80. The second-order valence-corrected chi connectivity index (χ2v) is 5.33. The summed E-state index contributed by atoms with van der Waals surface area (Å²) >= 11 is 2.68. The molecule has 1 heterocycles. The van der Waals surface area contributed by atoms with Gasteiger partial charge in [0, 0.05) is 10.5 Å². The van der Waals surface area contributed by atoms with Gasteiger partial charge in [-0.25, -0.2) is 0 Å². The van der Waals surface area contributed by atoms with E-state index in [1.54, 1.807) is 18.2 Å². The van der Waals surface area contributed by atoms with Crippen LogP contribution in [0.5, 0.6) is 0 Å². The van der Waals surface area contributed by atoms with Crippen LogP contribution in [0.1, 0.15) is 5.56 Å². The van der Waals surface area contributed by atoms with Gasteiger partial charge in [-0.2, -0.15) is 4.98 Å². The summed E-state index contributed by atoms with van der Waals surface area (Å²) in [5.74, 6) is 0. The Bertz CT molecular complexity index is 639. The average Bonchev–Trinajstić information content (AvgIpc) is 2.29. The number of hydrogen-bond donors (Lipinski definition) is 0. The van der Waals surface area contributed by atoms with Crippen molar-refractivity contribution >= 4 is 33.2 Å². The molecule has 88 valence electrons. The first-order valence-electron chi connectivity index (χ1n) is 4.70. The second-order valence-electron chi connectivity index (χ2n) is 3.27. The van der Waals surface area contributed by atoms with Crippen LogP contribution in [-0.2, 0) is 6.54 Å². The summed E-state index contributed by atoms with van der Waals surface area (Å²) in [4.78, 5) is 25.8. The predicted molar refractivity (Wildman–Crippen MR) is 68.4 cm³/mol. The van der Waals surface area contributed by atoms with Gasteiger partial charge in [-0.15, -0.1) is 11.3 Å². The minimum atomic E-state index is -0.398. The summed E-state index contributed by atoms with van der Waals surface area (Å²) < 4.78 is 1.28. The molecule has 0 radical (unpaired) electrons. The lowest BCUT2D eigenvalue weighted by molar-refractivity contribution is -0.496. The van der Waals surface area contributed by atoms with Crippen molar-refractivity contribution in [2.45, 2.75) is 10.9 Å². The molecule has 5 nitrogen and oxygen atoms in total. The normalized spacial score (nSPS) is 10.6. The van der Waals surface area contributed by atoms with Gasteiger partial charge in [0.2, 0.25) is 6.54 Å². The number of fused-ring (bicyclic) bond motifs is 1. The van der Waals surface area contributed by atoms with Crippen molar-refractivity contribution in [2.24, 2.45) is 0 Å². The maximum atomic E-state index is 11.7. The van der Waals surface area contributed by atoms with E-state index in [0.717, 1.165) is 0 Å². The highest BCUT2D eigenvalue weighted by Gasteiger charge is 2.11. The number of thioether (sulfide) groups is 1.